The quantitative estimate of drug-likeness (QED) is 0.858. The fourth-order valence-corrected chi connectivity index (χ4v) is 2.65. The van der Waals surface area contributed by atoms with Crippen molar-refractivity contribution in [3.8, 4) is 11.1 Å². The number of halogens is 3. The Bertz CT molecular complexity index is 649. The van der Waals surface area contributed by atoms with Crippen LogP contribution in [-0.2, 0) is 10.9 Å². The number of alkyl halides is 3. The molecule has 0 atom stereocenters. The van der Waals surface area contributed by atoms with Gasteiger partial charge in [-0.3, -0.25) is 0 Å². The zero-order valence-corrected chi connectivity index (χ0v) is 11.1. The van der Waals surface area contributed by atoms with Gasteiger partial charge < -0.3 is 10.5 Å². The highest BCUT2D eigenvalue weighted by atomic mass is 32.1. The number of ether oxygens (including phenoxy) is 1. The number of carbonyl (C=O) groups is 1. The van der Waals surface area contributed by atoms with Gasteiger partial charge in [0.2, 0.25) is 0 Å². The summed E-state index contributed by atoms with van der Waals surface area (Å²) >= 11 is 0.998. The summed E-state index contributed by atoms with van der Waals surface area (Å²) in [7, 11) is 1.15. The van der Waals surface area contributed by atoms with Gasteiger partial charge in [0.25, 0.3) is 0 Å². The minimum atomic E-state index is -4.51. The Hall–Kier alpha value is -2.02. The Kier molecular flexibility index (Phi) is 3.71. The molecule has 2 rings (SSSR count). The number of carbonyl (C=O) groups excluding carboxylic acids is 1. The topological polar surface area (TPSA) is 52.3 Å². The van der Waals surface area contributed by atoms with Gasteiger partial charge in [-0.15, -0.1) is 11.3 Å². The number of esters is 1. The first kappa shape index (κ1) is 14.4. The van der Waals surface area contributed by atoms with Crippen molar-refractivity contribution in [3.63, 3.8) is 0 Å². The maximum absolute atomic E-state index is 13.0. The third-order valence-electron chi connectivity index (χ3n) is 2.73. The summed E-state index contributed by atoms with van der Waals surface area (Å²) < 4.78 is 43.6. The van der Waals surface area contributed by atoms with E-state index in [9.17, 15) is 18.0 Å². The summed E-state index contributed by atoms with van der Waals surface area (Å²) in [5, 5.41) is 1.55. The SMILES string of the molecule is COC(=O)c1c(-c2ccccc2C(F)(F)F)csc1N. The summed E-state index contributed by atoms with van der Waals surface area (Å²) in [5.41, 5.74) is 4.84. The largest absolute Gasteiger partial charge is 0.465 e. The van der Waals surface area contributed by atoms with Gasteiger partial charge in [-0.05, 0) is 11.6 Å². The van der Waals surface area contributed by atoms with Crippen LogP contribution in [0.5, 0.6) is 0 Å². The molecular formula is C13H10F3NO2S. The van der Waals surface area contributed by atoms with Crippen molar-refractivity contribution in [2.75, 3.05) is 12.8 Å². The zero-order chi connectivity index (χ0) is 14.9. The predicted octanol–water partition coefficient (Wildman–Crippen LogP) is 3.80. The van der Waals surface area contributed by atoms with Gasteiger partial charge in [-0.25, -0.2) is 4.79 Å². The van der Waals surface area contributed by atoms with E-state index < -0.39 is 17.7 Å². The highest BCUT2D eigenvalue weighted by Gasteiger charge is 2.34. The molecule has 2 aromatic rings. The first-order valence-corrected chi connectivity index (χ1v) is 6.36. The van der Waals surface area contributed by atoms with E-state index in [1.165, 1.54) is 23.6 Å². The number of benzene rings is 1. The molecule has 20 heavy (non-hydrogen) atoms. The van der Waals surface area contributed by atoms with E-state index in [0.29, 0.717) is 0 Å². The van der Waals surface area contributed by atoms with E-state index in [1.807, 2.05) is 0 Å². The van der Waals surface area contributed by atoms with Crippen molar-refractivity contribution in [2.24, 2.45) is 0 Å². The molecule has 1 heterocycles. The average Bonchev–Trinajstić information content (AvgIpc) is 2.78. The fourth-order valence-electron chi connectivity index (χ4n) is 1.85. The lowest BCUT2D eigenvalue weighted by molar-refractivity contribution is -0.137. The first-order valence-electron chi connectivity index (χ1n) is 5.48. The Balaban J connectivity index is 2.68. The van der Waals surface area contributed by atoms with Gasteiger partial charge in [-0.2, -0.15) is 13.2 Å². The second-order valence-corrected chi connectivity index (χ2v) is 4.83. The molecule has 0 saturated heterocycles. The summed E-state index contributed by atoms with van der Waals surface area (Å²) in [6.45, 7) is 0. The third kappa shape index (κ3) is 2.49. The molecule has 7 heteroatoms. The van der Waals surface area contributed by atoms with Crippen molar-refractivity contribution in [2.45, 2.75) is 6.18 Å². The first-order chi connectivity index (χ1) is 9.36. The smallest absolute Gasteiger partial charge is 0.417 e. The zero-order valence-electron chi connectivity index (χ0n) is 10.3. The number of methoxy groups -OCH3 is 1. The van der Waals surface area contributed by atoms with Gasteiger partial charge in [0, 0.05) is 10.9 Å². The fraction of sp³-hybridized carbons (Fsp3) is 0.154. The third-order valence-corrected chi connectivity index (χ3v) is 3.54. The maximum Gasteiger partial charge on any atom is 0.417 e. The van der Waals surface area contributed by atoms with Gasteiger partial charge in [-0.1, -0.05) is 18.2 Å². The van der Waals surface area contributed by atoms with Crippen LogP contribution >= 0.6 is 11.3 Å². The highest BCUT2D eigenvalue weighted by molar-refractivity contribution is 7.15. The van der Waals surface area contributed by atoms with Crippen LogP contribution in [0.25, 0.3) is 11.1 Å². The number of thiophene rings is 1. The second-order valence-electron chi connectivity index (χ2n) is 3.92. The summed E-state index contributed by atoms with van der Waals surface area (Å²) in [6, 6.07) is 5.03. The molecule has 0 aliphatic rings. The average molecular weight is 301 g/mol. The minimum absolute atomic E-state index is 0.0331. The molecular weight excluding hydrogens is 291 g/mol. The van der Waals surface area contributed by atoms with E-state index in [2.05, 4.69) is 4.74 Å². The molecule has 2 N–H and O–H groups in total. The number of nitrogen functional groups attached to an aromatic ring is 1. The molecule has 0 saturated carbocycles. The van der Waals surface area contributed by atoms with Gasteiger partial charge in [0.15, 0.2) is 0 Å². The molecule has 0 fully saturated rings. The van der Waals surface area contributed by atoms with Gasteiger partial charge in [0.1, 0.15) is 10.6 Å². The number of anilines is 1. The Morgan fingerprint density at radius 3 is 2.50 bits per heavy atom. The number of nitrogens with two attached hydrogens (primary N) is 1. The van der Waals surface area contributed by atoms with Crippen LogP contribution in [-0.4, -0.2) is 13.1 Å². The van der Waals surface area contributed by atoms with E-state index in [1.54, 1.807) is 0 Å². The van der Waals surface area contributed by atoms with Crippen molar-refractivity contribution in [3.05, 3.63) is 40.8 Å². The van der Waals surface area contributed by atoms with Crippen LogP contribution in [0, 0.1) is 0 Å². The van der Waals surface area contributed by atoms with Crippen molar-refractivity contribution >= 4 is 22.3 Å². The molecule has 106 valence electrons. The Morgan fingerprint density at radius 1 is 1.25 bits per heavy atom. The van der Waals surface area contributed by atoms with E-state index in [4.69, 9.17) is 5.73 Å². The lowest BCUT2D eigenvalue weighted by Crippen LogP contribution is -2.09. The predicted molar refractivity (Wildman–Crippen MR) is 70.5 cm³/mol. The van der Waals surface area contributed by atoms with Crippen LogP contribution in [0.4, 0.5) is 18.2 Å². The maximum atomic E-state index is 13.0. The van der Waals surface area contributed by atoms with Crippen LogP contribution in [0.3, 0.4) is 0 Å². The van der Waals surface area contributed by atoms with E-state index >= 15 is 0 Å². The molecule has 0 aliphatic carbocycles. The number of rotatable bonds is 2. The highest BCUT2D eigenvalue weighted by Crippen LogP contribution is 2.41. The Morgan fingerprint density at radius 2 is 1.90 bits per heavy atom. The minimum Gasteiger partial charge on any atom is -0.465 e. The molecule has 0 radical (unpaired) electrons. The van der Waals surface area contributed by atoms with Crippen LogP contribution in [0.2, 0.25) is 0 Å². The van der Waals surface area contributed by atoms with Crippen LogP contribution < -0.4 is 5.73 Å². The molecule has 0 aliphatic heterocycles. The van der Waals surface area contributed by atoms with Crippen molar-refractivity contribution < 1.29 is 22.7 Å². The lowest BCUT2D eigenvalue weighted by atomic mass is 9.98. The van der Waals surface area contributed by atoms with Crippen LogP contribution in [0.15, 0.2) is 29.6 Å². The second kappa shape index (κ2) is 5.16. The lowest BCUT2D eigenvalue weighted by Gasteiger charge is -2.12. The molecule has 0 bridgehead atoms. The molecule has 0 spiro atoms. The molecule has 1 aromatic heterocycles. The molecule has 0 amide bonds. The number of hydrogen-bond donors (Lipinski definition) is 1. The van der Waals surface area contributed by atoms with Gasteiger partial charge >= 0.3 is 12.1 Å². The molecule has 1 aromatic carbocycles. The summed E-state index contributed by atoms with van der Waals surface area (Å²) in [6.07, 6.45) is -4.51. The number of hydrogen-bond acceptors (Lipinski definition) is 4. The monoisotopic (exact) mass is 301 g/mol. The molecule has 3 nitrogen and oxygen atoms in total. The van der Waals surface area contributed by atoms with Crippen molar-refractivity contribution in [1.29, 1.82) is 0 Å². The summed E-state index contributed by atoms with van der Waals surface area (Å²) in [5.74, 6) is -0.754. The van der Waals surface area contributed by atoms with Gasteiger partial charge in [0.05, 0.1) is 12.7 Å². The Labute approximate surface area is 116 Å². The van der Waals surface area contributed by atoms with E-state index in [0.717, 1.165) is 24.5 Å². The van der Waals surface area contributed by atoms with Crippen molar-refractivity contribution in [1.82, 2.24) is 0 Å². The molecule has 0 unspecified atom stereocenters. The normalized spacial score (nSPS) is 11.4. The van der Waals surface area contributed by atoms with Crippen LogP contribution in [0.1, 0.15) is 15.9 Å². The standard InChI is InChI=1S/C13H10F3NO2S/c1-19-12(18)10-8(6-20-11(10)17)7-4-2-3-5-9(7)13(14,15)16/h2-6H,17H2,1H3. The summed E-state index contributed by atoms with van der Waals surface area (Å²) in [4.78, 5) is 11.7. The van der Waals surface area contributed by atoms with E-state index in [-0.39, 0.29) is 21.7 Å².